The van der Waals surface area contributed by atoms with Crippen LogP contribution >= 0.6 is 0 Å². The van der Waals surface area contributed by atoms with Crippen molar-refractivity contribution < 1.29 is 4.52 Å². The van der Waals surface area contributed by atoms with Gasteiger partial charge in [-0.2, -0.15) is 0 Å². The SMILES string of the molecule is CN1C2CCC1CN(Cc1cc(CNC3CC3)no1)CC2. The van der Waals surface area contributed by atoms with Gasteiger partial charge < -0.3 is 9.84 Å². The molecule has 116 valence electrons. The summed E-state index contributed by atoms with van der Waals surface area (Å²) in [7, 11) is 2.29. The van der Waals surface area contributed by atoms with Crippen molar-refractivity contribution in [2.24, 2.45) is 0 Å². The van der Waals surface area contributed by atoms with E-state index in [1.54, 1.807) is 0 Å². The lowest BCUT2D eigenvalue weighted by atomic mass is 10.1. The normalized spacial score (nSPS) is 30.7. The number of likely N-dealkylation sites (tertiary alicyclic amines) is 1. The third-order valence-electron chi connectivity index (χ3n) is 5.37. The number of rotatable bonds is 5. The van der Waals surface area contributed by atoms with Crippen LogP contribution in [0.1, 0.15) is 43.6 Å². The van der Waals surface area contributed by atoms with Crippen LogP contribution in [0.2, 0.25) is 0 Å². The highest BCUT2D eigenvalue weighted by atomic mass is 16.5. The van der Waals surface area contributed by atoms with E-state index in [0.717, 1.165) is 42.7 Å². The van der Waals surface area contributed by atoms with Crippen LogP contribution in [-0.2, 0) is 13.1 Å². The molecule has 1 aromatic heterocycles. The van der Waals surface area contributed by atoms with Crippen LogP contribution in [0.25, 0.3) is 0 Å². The van der Waals surface area contributed by atoms with Crippen molar-refractivity contribution in [1.29, 1.82) is 0 Å². The third kappa shape index (κ3) is 3.15. The van der Waals surface area contributed by atoms with Crippen molar-refractivity contribution in [3.8, 4) is 0 Å². The fourth-order valence-electron chi connectivity index (χ4n) is 3.79. The van der Waals surface area contributed by atoms with Gasteiger partial charge in [0.1, 0.15) is 0 Å². The summed E-state index contributed by atoms with van der Waals surface area (Å²) in [5, 5.41) is 7.68. The smallest absolute Gasteiger partial charge is 0.151 e. The molecule has 0 spiro atoms. The molecule has 1 saturated carbocycles. The molecule has 3 heterocycles. The average Bonchev–Trinajstić information content (AvgIpc) is 3.12. The van der Waals surface area contributed by atoms with Crippen molar-refractivity contribution in [1.82, 2.24) is 20.3 Å². The molecule has 2 aliphatic heterocycles. The molecule has 1 aromatic rings. The van der Waals surface area contributed by atoms with E-state index >= 15 is 0 Å². The van der Waals surface area contributed by atoms with Gasteiger partial charge in [-0.3, -0.25) is 9.80 Å². The molecule has 1 N–H and O–H groups in total. The second-order valence-corrected chi connectivity index (χ2v) is 7.01. The predicted octanol–water partition coefficient (Wildman–Crippen LogP) is 1.60. The quantitative estimate of drug-likeness (QED) is 0.892. The Balaban J connectivity index is 1.32. The van der Waals surface area contributed by atoms with Gasteiger partial charge in [-0.25, -0.2) is 0 Å². The summed E-state index contributed by atoms with van der Waals surface area (Å²) in [6.45, 7) is 4.11. The molecule has 3 aliphatic rings. The Hall–Kier alpha value is -0.910. The molecule has 4 rings (SSSR count). The van der Waals surface area contributed by atoms with Gasteiger partial charge in [-0.05, 0) is 39.2 Å². The van der Waals surface area contributed by atoms with E-state index in [1.165, 1.54) is 45.2 Å². The maximum absolute atomic E-state index is 5.52. The van der Waals surface area contributed by atoms with Crippen molar-refractivity contribution in [3.05, 3.63) is 17.5 Å². The topological polar surface area (TPSA) is 44.5 Å². The first-order chi connectivity index (χ1) is 10.3. The molecule has 2 unspecified atom stereocenters. The Bertz CT molecular complexity index is 484. The van der Waals surface area contributed by atoms with Crippen LogP contribution in [0.3, 0.4) is 0 Å². The van der Waals surface area contributed by atoms with Gasteiger partial charge >= 0.3 is 0 Å². The first kappa shape index (κ1) is 13.7. The number of nitrogens with one attached hydrogen (secondary N) is 1. The molecule has 2 atom stereocenters. The minimum Gasteiger partial charge on any atom is -0.360 e. The molecule has 5 heteroatoms. The summed E-state index contributed by atoms with van der Waals surface area (Å²) in [6, 6.07) is 4.38. The van der Waals surface area contributed by atoms with Gasteiger partial charge in [-0.15, -0.1) is 0 Å². The first-order valence-electron chi connectivity index (χ1n) is 8.40. The number of likely N-dealkylation sites (N-methyl/N-ethyl adjacent to an activating group) is 1. The number of aromatic nitrogens is 1. The lowest BCUT2D eigenvalue weighted by Gasteiger charge is -2.24. The summed E-state index contributed by atoms with van der Waals surface area (Å²) in [4.78, 5) is 5.13. The zero-order valence-electron chi connectivity index (χ0n) is 12.9. The highest BCUT2D eigenvalue weighted by molar-refractivity contribution is 5.06. The summed E-state index contributed by atoms with van der Waals surface area (Å²) < 4.78 is 5.52. The molecule has 0 amide bonds. The van der Waals surface area contributed by atoms with Crippen LogP contribution in [0, 0.1) is 0 Å². The fourth-order valence-corrected chi connectivity index (χ4v) is 3.79. The molecule has 2 saturated heterocycles. The minimum atomic E-state index is 0.724. The molecule has 2 bridgehead atoms. The van der Waals surface area contributed by atoms with Gasteiger partial charge in [0.05, 0.1) is 12.2 Å². The number of fused-ring (bicyclic) bond motifs is 2. The minimum absolute atomic E-state index is 0.724. The molecule has 1 aliphatic carbocycles. The Morgan fingerprint density at radius 3 is 2.95 bits per heavy atom. The second kappa shape index (κ2) is 5.71. The van der Waals surface area contributed by atoms with Crippen LogP contribution in [0.4, 0.5) is 0 Å². The second-order valence-electron chi connectivity index (χ2n) is 7.01. The van der Waals surface area contributed by atoms with Gasteiger partial charge in [0, 0.05) is 43.8 Å². The summed E-state index contributed by atoms with van der Waals surface area (Å²) in [5.74, 6) is 1.02. The molecular formula is C16H26N4O. The summed E-state index contributed by atoms with van der Waals surface area (Å²) in [6.07, 6.45) is 6.65. The highest BCUT2D eigenvalue weighted by Crippen LogP contribution is 2.29. The number of nitrogens with zero attached hydrogens (tertiary/aromatic N) is 3. The predicted molar refractivity (Wildman–Crippen MR) is 80.8 cm³/mol. The van der Waals surface area contributed by atoms with E-state index in [2.05, 4.69) is 33.4 Å². The van der Waals surface area contributed by atoms with E-state index in [4.69, 9.17) is 4.52 Å². The molecule has 0 radical (unpaired) electrons. The van der Waals surface area contributed by atoms with E-state index in [9.17, 15) is 0 Å². The fraction of sp³-hybridized carbons (Fsp3) is 0.812. The molecule has 21 heavy (non-hydrogen) atoms. The Labute approximate surface area is 126 Å². The van der Waals surface area contributed by atoms with Gasteiger partial charge in [-0.1, -0.05) is 5.16 Å². The lowest BCUT2D eigenvalue weighted by Crippen LogP contribution is -2.36. The Morgan fingerprint density at radius 1 is 1.24 bits per heavy atom. The van der Waals surface area contributed by atoms with Crippen LogP contribution < -0.4 is 5.32 Å². The average molecular weight is 290 g/mol. The van der Waals surface area contributed by atoms with Crippen molar-refractivity contribution in [2.45, 2.75) is 63.3 Å². The number of hydrogen-bond acceptors (Lipinski definition) is 5. The monoisotopic (exact) mass is 290 g/mol. The standard InChI is InChI=1S/C16H26N4O/c1-19-14-4-5-15(19)10-20(7-6-14)11-16-8-13(18-21-16)9-17-12-2-3-12/h8,12,14-15,17H,2-7,9-11H2,1H3. The van der Waals surface area contributed by atoms with Crippen molar-refractivity contribution >= 4 is 0 Å². The van der Waals surface area contributed by atoms with Crippen LogP contribution in [0.15, 0.2) is 10.6 Å². The first-order valence-corrected chi connectivity index (χ1v) is 8.40. The molecule has 0 aromatic carbocycles. The van der Waals surface area contributed by atoms with Crippen molar-refractivity contribution in [3.63, 3.8) is 0 Å². The summed E-state index contributed by atoms with van der Waals surface area (Å²) in [5.41, 5.74) is 1.05. The molecule has 5 nitrogen and oxygen atoms in total. The Kier molecular flexibility index (Phi) is 3.73. The Morgan fingerprint density at radius 2 is 2.10 bits per heavy atom. The molecular weight excluding hydrogens is 264 g/mol. The highest BCUT2D eigenvalue weighted by Gasteiger charge is 2.34. The maximum atomic E-state index is 5.52. The molecule has 3 fully saturated rings. The van der Waals surface area contributed by atoms with E-state index in [1.807, 2.05) is 0 Å². The van der Waals surface area contributed by atoms with Crippen molar-refractivity contribution in [2.75, 3.05) is 20.1 Å². The zero-order valence-corrected chi connectivity index (χ0v) is 12.9. The van der Waals surface area contributed by atoms with E-state index < -0.39 is 0 Å². The van der Waals surface area contributed by atoms with Crippen LogP contribution in [0.5, 0.6) is 0 Å². The third-order valence-corrected chi connectivity index (χ3v) is 5.37. The number of hydrogen-bond donors (Lipinski definition) is 1. The summed E-state index contributed by atoms with van der Waals surface area (Å²) >= 11 is 0. The largest absolute Gasteiger partial charge is 0.360 e. The lowest BCUT2D eigenvalue weighted by molar-refractivity contribution is 0.198. The van der Waals surface area contributed by atoms with E-state index in [0.29, 0.717) is 0 Å². The van der Waals surface area contributed by atoms with Gasteiger partial charge in [0.25, 0.3) is 0 Å². The van der Waals surface area contributed by atoms with E-state index in [-0.39, 0.29) is 0 Å². The van der Waals surface area contributed by atoms with Gasteiger partial charge in [0.15, 0.2) is 5.76 Å². The zero-order chi connectivity index (χ0) is 14.2. The maximum Gasteiger partial charge on any atom is 0.151 e. The van der Waals surface area contributed by atoms with Gasteiger partial charge in [0.2, 0.25) is 0 Å². The van der Waals surface area contributed by atoms with Crippen LogP contribution in [-0.4, -0.2) is 53.2 Å².